The van der Waals surface area contributed by atoms with Gasteiger partial charge in [0, 0.05) is 36.7 Å². The number of carbonyl (C=O) groups excluding carboxylic acids is 3. The molecular weight excluding hydrogens is 759 g/mol. The van der Waals surface area contributed by atoms with Crippen molar-refractivity contribution in [1.29, 1.82) is 0 Å². The van der Waals surface area contributed by atoms with Crippen molar-refractivity contribution < 1.29 is 33.7 Å². The van der Waals surface area contributed by atoms with Gasteiger partial charge in [-0.15, -0.1) is 0 Å². The molecule has 0 unspecified atom stereocenters. The number of rotatable bonds is 10. The number of hydrogen-bond acceptors (Lipinski definition) is 7. The van der Waals surface area contributed by atoms with Gasteiger partial charge in [0.15, 0.2) is 5.60 Å². The lowest BCUT2D eigenvalue weighted by atomic mass is 9.82. The molecule has 4 aliphatic rings. The first kappa shape index (κ1) is 40.8. The molecule has 11 heteroatoms. The molecule has 1 spiro atoms. The highest BCUT2D eigenvalue weighted by molar-refractivity contribution is 6.91. The Bertz CT molecular complexity index is 2190. The fourth-order valence-corrected chi connectivity index (χ4v) is 14.5. The Balaban J connectivity index is 1.16. The number of amides is 3. The first-order chi connectivity index (χ1) is 28.5. The zero-order valence-corrected chi connectivity index (χ0v) is 36.0. The third kappa shape index (κ3) is 7.35. The molecule has 4 aromatic rings. The standard InChI is InChI=1S/C48H57N3O7Si/c1-32-46(59(4,5)40-22-19-38(56-2)20-23-40)43(28-45(54)50-30-35-13-10-9-12-34(35)26-37(50)31-52)58-48(32)41-27-39(57-3)21-24-42(41)51(47(48)55)29-33-15-17-36(18-16-33)49-25-11-7-6-8-14-44(49)53/h9-10,12-13,15-24,27,32,37,43,46,52H,6-8,11,14,25-26,28-31H2,1-5H3/t32-,37+,43+,46-,48+/m1/s1. The molecule has 4 aromatic carbocycles. The van der Waals surface area contributed by atoms with Crippen molar-refractivity contribution >= 4 is 42.4 Å². The maximum atomic E-state index is 15.5. The van der Waals surface area contributed by atoms with E-state index in [9.17, 15) is 14.7 Å². The topological polar surface area (TPSA) is 109 Å². The second-order valence-electron chi connectivity index (χ2n) is 17.3. The minimum absolute atomic E-state index is 0.0747. The SMILES string of the molecule is COc1ccc([Si](C)(C)[C@H]2[C@H](CC(=O)N3Cc4ccccc4C[C@H]3CO)O[C@@]3(C(=O)N(Cc4ccc(N5CCCCCCC5=O)cc4)c4ccc(OC)cc43)[C@@H]2C)cc1. The number of benzene rings is 4. The van der Waals surface area contributed by atoms with E-state index in [1.807, 2.05) is 87.5 Å². The van der Waals surface area contributed by atoms with Gasteiger partial charge in [0.2, 0.25) is 11.8 Å². The van der Waals surface area contributed by atoms with Crippen LogP contribution in [-0.4, -0.2) is 75.3 Å². The molecule has 2 saturated heterocycles. The quantitative estimate of drug-likeness (QED) is 0.170. The Labute approximate surface area is 349 Å². The normalized spacial score (nSPS) is 24.5. The van der Waals surface area contributed by atoms with Gasteiger partial charge < -0.3 is 34.0 Å². The van der Waals surface area contributed by atoms with E-state index in [0.29, 0.717) is 38.2 Å². The number of aliphatic hydroxyl groups is 1. The van der Waals surface area contributed by atoms with E-state index in [1.165, 1.54) is 5.19 Å². The number of methoxy groups -OCH3 is 2. The molecule has 0 aromatic heterocycles. The number of fused-ring (bicyclic) bond motifs is 3. The molecule has 59 heavy (non-hydrogen) atoms. The van der Waals surface area contributed by atoms with Crippen LogP contribution in [0.25, 0.3) is 0 Å². The Morgan fingerprint density at radius 1 is 0.881 bits per heavy atom. The molecule has 4 aliphatic heterocycles. The van der Waals surface area contributed by atoms with Crippen molar-refractivity contribution in [2.75, 3.05) is 37.2 Å². The average molecular weight is 816 g/mol. The van der Waals surface area contributed by atoms with E-state index < -0.39 is 19.8 Å². The minimum atomic E-state index is -2.54. The summed E-state index contributed by atoms with van der Waals surface area (Å²) in [6.07, 6.45) is 4.74. The Kier molecular flexibility index (Phi) is 11.5. The molecule has 8 rings (SSSR count). The number of carbonyl (C=O) groups is 3. The van der Waals surface area contributed by atoms with Crippen molar-refractivity contribution in [1.82, 2.24) is 4.90 Å². The minimum Gasteiger partial charge on any atom is -0.497 e. The van der Waals surface area contributed by atoms with E-state index >= 15 is 4.79 Å². The summed E-state index contributed by atoms with van der Waals surface area (Å²) < 4.78 is 18.6. The van der Waals surface area contributed by atoms with Crippen LogP contribution < -0.4 is 24.5 Å². The lowest BCUT2D eigenvalue weighted by Gasteiger charge is -2.39. The van der Waals surface area contributed by atoms with Gasteiger partial charge in [-0.05, 0) is 84.0 Å². The van der Waals surface area contributed by atoms with Crippen LogP contribution in [0.2, 0.25) is 18.6 Å². The summed E-state index contributed by atoms with van der Waals surface area (Å²) >= 11 is 0. The lowest BCUT2D eigenvalue weighted by Crippen LogP contribution is -2.52. The highest BCUT2D eigenvalue weighted by Crippen LogP contribution is 2.60. The summed E-state index contributed by atoms with van der Waals surface area (Å²) in [6.45, 7) is 8.04. The van der Waals surface area contributed by atoms with Gasteiger partial charge >= 0.3 is 0 Å². The molecule has 2 fully saturated rings. The number of nitrogens with zero attached hydrogens (tertiary/aromatic N) is 3. The Morgan fingerprint density at radius 3 is 2.29 bits per heavy atom. The van der Waals surface area contributed by atoms with Crippen molar-refractivity contribution in [3.8, 4) is 11.5 Å². The second kappa shape index (κ2) is 16.6. The molecule has 0 aliphatic carbocycles. The maximum Gasteiger partial charge on any atom is 0.264 e. The smallest absolute Gasteiger partial charge is 0.264 e. The second-order valence-corrected chi connectivity index (χ2v) is 22.0. The molecule has 3 amide bonds. The molecule has 1 N–H and O–H groups in total. The van der Waals surface area contributed by atoms with Crippen LogP contribution in [0.3, 0.4) is 0 Å². The highest BCUT2D eigenvalue weighted by Gasteiger charge is 2.66. The van der Waals surface area contributed by atoms with Gasteiger partial charge in [0.05, 0.1) is 59.7 Å². The van der Waals surface area contributed by atoms with E-state index in [2.05, 4.69) is 38.2 Å². The van der Waals surface area contributed by atoms with Crippen LogP contribution >= 0.6 is 0 Å². The van der Waals surface area contributed by atoms with Gasteiger partial charge in [-0.3, -0.25) is 14.4 Å². The molecule has 0 radical (unpaired) electrons. The van der Waals surface area contributed by atoms with E-state index in [1.54, 1.807) is 14.2 Å². The lowest BCUT2D eigenvalue weighted by molar-refractivity contribution is -0.151. The van der Waals surface area contributed by atoms with Crippen LogP contribution in [-0.2, 0) is 44.2 Å². The maximum absolute atomic E-state index is 15.5. The monoisotopic (exact) mass is 815 g/mol. The van der Waals surface area contributed by atoms with Crippen molar-refractivity contribution in [3.63, 3.8) is 0 Å². The van der Waals surface area contributed by atoms with Crippen LogP contribution in [0.5, 0.6) is 11.5 Å². The summed E-state index contributed by atoms with van der Waals surface area (Å²) in [4.78, 5) is 48.7. The Morgan fingerprint density at radius 2 is 1.58 bits per heavy atom. The third-order valence-electron chi connectivity index (χ3n) is 13.7. The van der Waals surface area contributed by atoms with Crippen LogP contribution in [0.4, 0.5) is 11.4 Å². The summed E-state index contributed by atoms with van der Waals surface area (Å²) in [7, 11) is 0.740. The number of anilines is 2. The first-order valence-electron chi connectivity index (χ1n) is 21.2. The van der Waals surface area contributed by atoms with Gasteiger partial charge in [0.25, 0.3) is 5.91 Å². The van der Waals surface area contributed by atoms with Crippen molar-refractivity contribution in [2.24, 2.45) is 5.92 Å². The zero-order valence-electron chi connectivity index (χ0n) is 35.0. The largest absolute Gasteiger partial charge is 0.497 e. The third-order valence-corrected chi connectivity index (χ3v) is 18.1. The molecule has 5 atom stereocenters. The number of ether oxygens (including phenoxy) is 3. The fourth-order valence-electron chi connectivity index (χ4n) is 10.5. The summed E-state index contributed by atoms with van der Waals surface area (Å²) in [5.74, 6) is 0.979. The molecule has 0 bridgehead atoms. The molecule has 0 saturated carbocycles. The molecule has 4 heterocycles. The number of hydrogen-bond donors (Lipinski definition) is 1. The summed E-state index contributed by atoms with van der Waals surface area (Å²) in [6, 6.07) is 29.7. The molecule has 10 nitrogen and oxygen atoms in total. The average Bonchev–Trinajstić information content (AvgIpc) is 3.67. The van der Waals surface area contributed by atoms with E-state index in [0.717, 1.165) is 65.1 Å². The Hall–Kier alpha value is -4.97. The van der Waals surface area contributed by atoms with Crippen molar-refractivity contribution in [2.45, 2.75) is 101 Å². The highest BCUT2D eigenvalue weighted by atomic mass is 28.3. The van der Waals surface area contributed by atoms with Gasteiger partial charge in [-0.25, -0.2) is 0 Å². The van der Waals surface area contributed by atoms with Crippen LogP contribution in [0.15, 0.2) is 91.0 Å². The van der Waals surface area contributed by atoms with Gasteiger partial charge in [0.1, 0.15) is 11.5 Å². The van der Waals surface area contributed by atoms with Gasteiger partial charge in [-0.2, -0.15) is 0 Å². The van der Waals surface area contributed by atoms with E-state index in [4.69, 9.17) is 14.2 Å². The van der Waals surface area contributed by atoms with Crippen LogP contribution in [0, 0.1) is 5.92 Å². The first-order valence-corrected chi connectivity index (χ1v) is 24.3. The van der Waals surface area contributed by atoms with Gasteiger partial charge in [-0.1, -0.05) is 86.6 Å². The summed E-state index contributed by atoms with van der Waals surface area (Å²) in [5, 5.41) is 11.7. The summed E-state index contributed by atoms with van der Waals surface area (Å²) in [5.41, 5.74) is 4.02. The zero-order chi connectivity index (χ0) is 41.5. The van der Waals surface area contributed by atoms with E-state index in [-0.39, 0.29) is 48.3 Å². The predicted molar refractivity (Wildman–Crippen MR) is 232 cm³/mol. The molecule has 310 valence electrons. The number of aliphatic hydroxyl groups excluding tert-OH is 1. The fraction of sp³-hybridized carbons (Fsp3) is 0.438. The predicted octanol–water partition coefficient (Wildman–Crippen LogP) is 7.10. The van der Waals surface area contributed by atoms with Crippen LogP contribution in [0.1, 0.15) is 67.7 Å². The molecular formula is C48H57N3O7Si. The van der Waals surface area contributed by atoms with Crippen molar-refractivity contribution in [3.05, 3.63) is 113 Å².